The first-order chi connectivity index (χ1) is 65.1. The van der Waals surface area contributed by atoms with Gasteiger partial charge < -0.3 is 82.5 Å². The topological polar surface area (TPSA) is 407 Å². The number of carboxylic acid groups (broad SMARTS) is 4. The number of ether oxygens (including phenoxy) is 8. The summed E-state index contributed by atoms with van der Waals surface area (Å²) in [6.07, 6.45) is -0.793. The molecule has 0 saturated carbocycles. The maximum absolute atomic E-state index is 14.1. The summed E-state index contributed by atoms with van der Waals surface area (Å²) in [6.45, 7) is 2.06. The zero-order valence-corrected chi connectivity index (χ0v) is 77.5. The number of hydrogen-bond donors (Lipinski definition) is 3. The van der Waals surface area contributed by atoms with Crippen molar-refractivity contribution in [2.75, 3.05) is 54.9 Å². The number of hydrogen-bond acceptors (Lipinski definition) is 25. The summed E-state index contributed by atoms with van der Waals surface area (Å²) in [7, 11) is 5.87. The van der Waals surface area contributed by atoms with Gasteiger partial charge in [-0.1, -0.05) is 197 Å². The average molecular weight is 1850 g/mol. The first kappa shape index (κ1) is 105. The summed E-state index contributed by atoms with van der Waals surface area (Å²) in [5.74, 6) is -2.39. The molecule has 12 aromatic carbocycles. The molecular weight excluding hydrogens is 1760 g/mol. The van der Waals surface area contributed by atoms with E-state index in [2.05, 4.69) is 26.7 Å². The van der Waals surface area contributed by atoms with Crippen molar-refractivity contribution in [1.82, 2.24) is 0 Å². The molecule has 31 heteroatoms. The molecule has 0 bridgehead atoms. The number of carbonyl (C=O) groups is 4. The number of nitriles is 4. The van der Waals surface area contributed by atoms with Crippen LogP contribution in [-0.2, 0) is 71.4 Å². The number of carbonyl (C=O) groups excluding carboxylic acids is 1. The van der Waals surface area contributed by atoms with Crippen molar-refractivity contribution in [3.8, 4) is 70.3 Å². The van der Waals surface area contributed by atoms with Gasteiger partial charge in [0.05, 0.1) is 60.4 Å². The fraction of sp³-hybridized carbons (Fsp3) is 0.192. The largest absolute Gasteiger partial charge is 1.00 e. The van der Waals surface area contributed by atoms with E-state index in [0.29, 0.717) is 122 Å². The normalized spacial score (nSPS) is 11.5. The van der Waals surface area contributed by atoms with Crippen molar-refractivity contribution < 1.29 is 157 Å². The van der Waals surface area contributed by atoms with Crippen molar-refractivity contribution in [2.24, 2.45) is 20.6 Å². The zero-order chi connectivity index (χ0) is 95.6. The molecule has 12 rings (SSSR count). The monoisotopic (exact) mass is 1850 g/mol. The minimum atomic E-state index is -1.25. The predicted molar refractivity (Wildman–Crippen MR) is 491 cm³/mol. The van der Waals surface area contributed by atoms with Gasteiger partial charge in [0.25, 0.3) is 0 Å². The van der Waals surface area contributed by atoms with Crippen molar-refractivity contribution in [2.45, 2.75) is 76.3 Å². The Hall–Kier alpha value is -15.7. The van der Waals surface area contributed by atoms with Gasteiger partial charge in [-0.25, -0.2) is 8.78 Å². The van der Waals surface area contributed by atoms with Crippen LogP contribution in [0.3, 0.4) is 0 Å². The van der Waals surface area contributed by atoms with E-state index < -0.39 is 47.4 Å². The smallest absolute Gasteiger partial charge is 0.550 e. The Bertz CT molecular complexity index is 6060. The van der Waals surface area contributed by atoms with Gasteiger partial charge in [0.2, 0.25) is 0 Å². The average Bonchev–Trinajstić information content (AvgIpc) is 0.873. The molecule has 3 unspecified atom stereocenters. The molecule has 0 aliphatic carbocycles. The Balaban J connectivity index is 0.000000221. The Labute approximate surface area is 821 Å². The van der Waals surface area contributed by atoms with Crippen LogP contribution in [-0.4, -0.2) is 117 Å². The third kappa shape index (κ3) is 36.9. The number of rotatable bonds is 44. The van der Waals surface area contributed by atoms with Crippen LogP contribution in [0.1, 0.15) is 116 Å². The predicted octanol–water partition coefficient (Wildman–Crippen LogP) is 14.9. The van der Waals surface area contributed by atoms with Crippen molar-refractivity contribution in [3.63, 3.8) is 0 Å². The summed E-state index contributed by atoms with van der Waals surface area (Å²) in [4.78, 5) is 62.8. The van der Waals surface area contributed by atoms with E-state index in [-0.39, 0.29) is 122 Å². The Morgan fingerprint density at radius 1 is 0.341 bits per heavy atom. The summed E-state index contributed by atoms with van der Waals surface area (Å²) in [5.41, 5.74) is 12.1. The molecule has 0 saturated heterocycles. The van der Waals surface area contributed by atoms with E-state index in [0.717, 1.165) is 38.9 Å². The third-order valence-corrected chi connectivity index (χ3v) is 19.4. The summed E-state index contributed by atoms with van der Waals surface area (Å²) < 4.78 is 73.9. The minimum absolute atomic E-state index is 0. The van der Waals surface area contributed by atoms with Gasteiger partial charge in [-0.05, 0) is 166 Å². The summed E-state index contributed by atoms with van der Waals surface area (Å²) in [6, 6.07) is 95.0. The van der Waals surface area contributed by atoms with Crippen LogP contribution in [0.2, 0.25) is 0 Å². The minimum Gasteiger partial charge on any atom is -0.550 e. The molecule has 12 aromatic rings. The summed E-state index contributed by atoms with van der Waals surface area (Å²) in [5, 5.41) is 89.7. The second-order valence-corrected chi connectivity index (χ2v) is 28.9. The van der Waals surface area contributed by atoms with Crippen LogP contribution in [0, 0.1) is 57.0 Å². The maximum atomic E-state index is 14.1. The molecule has 0 amide bonds. The maximum Gasteiger partial charge on any atom is 1.00 e. The molecule has 0 spiro atoms. The molecule has 0 aromatic heterocycles. The van der Waals surface area contributed by atoms with Crippen LogP contribution < -0.4 is 94.4 Å². The first-order valence-corrected chi connectivity index (χ1v) is 41.4. The number of halogens is 2. The van der Waals surface area contributed by atoms with Gasteiger partial charge >= 0.3 is 69.3 Å². The Kier molecular flexibility index (Phi) is 44.5. The van der Waals surface area contributed by atoms with E-state index in [1.54, 1.807) is 133 Å². The Morgan fingerprint density at radius 3 is 0.933 bits per heavy atom. The van der Waals surface area contributed by atoms with Crippen LogP contribution >= 0.6 is 0 Å². The van der Waals surface area contributed by atoms with Gasteiger partial charge in [-0.2, -0.15) is 21.0 Å². The van der Waals surface area contributed by atoms with Crippen LogP contribution in [0.5, 0.6) is 46.0 Å². The van der Waals surface area contributed by atoms with Crippen molar-refractivity contribution >= 4 is 46.7 Å². The SMILES string of the molecule is CO/N=C(\COc1ccc(COc2ccc(C(C#N)CC(=O)O)cc2)cc1)c1ccc(C#N)cc1.CO/N=C(\COc1ccc(COc2ccc(C(C#N)CC(=O)O)cc2)cc1)c1cccc(F)c1.CO/N=C(\COc1ccc(COc2ccc(C(C#N)CC(=O)[O-])cc2)cc1)c1ccccc1.CO/N=C(\COc1ccc(COc2ccc(CCC(=O)O)c(F)c2)cc1)c1ccccc1.[K+]. The van der Waals surface area contributed by atoms with Gasteiger partial charge in [0, 0.05) is 47.1 Å². The number of aryl methyl sites for hydroxylation is 1. The third-order valence-electron chi connectivity index (χ3n) is 19.4. The standard InChI is InChI=1S/C27H23N3O5.C26H23FN2O5.C26H24N2O5.C25H24FNO5.K/c1-33-30-26(22-6-2-19(15-28)3-7-22)18-35-24-10-4-20(5-11-24)17-34-25-12-8-21(9-13-25)23(16-29)14-27(31)32;1-32-29-25(20-3-2-4-22(27)13-20)17-34-23-9-5-18(6-10-23)16-33-24-11-7-19(8-12-24)21(15-28)14-26(30)31;1-31-28-25(21-5-3-2-4-6-21)18-33-23-11-7-19(8-12-23)17-32-24-13-9-20(10-14-24)22(16-27)15-26(29)30;1-30-27-24(20-5-3-2-4-6-20)17-32-21-11-7-18(8-12-21)16-31-22-13-9-19(23(26)15-22)10-14-25(28)29;/h2-13,23H,14,17-18H2,1H3,(H,31,32);2-13,21H,14,16-17H2,1H3,(H,30,31);2-14,22H,15,17-18H2,1H3,(H,29,30);2-9,11-13,15H,10,14,16-17H2,1H3,(H,28,29);/q;;;;+1/p-1/b30-26+;29-25+;28-25+;27-24+;. The molecule has 0 aliphatic heterocycles. The van der Waals surface area contributed by atoms with Gasteiger partial charge in [-0.3, -0.25) is 14.4 Å². The number of benzene rings is 12. The van der Waals surface area contributed by atoms with Crippen LogP contribution in [0.25, 0.3) is 0 Å². The second kappa shape index (κ2) is 57.4. The molecule has 28 nitrogen and oxygen atoms in total. The molecule has 684 valence electrons. The van der Waals surface area contributed by atoms with Crippen molar-refractivity contribution in [3.05, 3.63) is 381 Å². The van der Waals surface area contributed by atoms with Gasteiger partial charge in [0.15, 0.2) is 0 Å². The molecule has 0 heterocycles. The van der Waals surface area contributed by atoms with E-state index >= 15 is 0 Å². The molecule has 0 fully saturated rings. The molecule has 3 atom stereocenters. The van der Waals surface area contributed by atoms with Gasteiger partial charge in [0.1, 0.15) is 162 Å². The fourth-order valence-corrected chi connectivity index (χ4v) is 12.4. The van der Waals surface area contributed by atoms with E-state index in [1.807, 2.05) is 164 Å². The number of carboxylic acids is 4. The first-order valence-electron chi connectivity index (χ1n) is 41.4. The zero-order valence-electron chi connectivity index (χ0n) is 74.3. The van der Waals surface area contributed by atoms with Gasteiger partial charge in [-0.15, -0.1) is 0 Å². The molecule has 135 heavy (non-hydrogen) atoms. The quantitative estimate of drug-likeness (QED) is 0.0181. The van der Waals surface area contributed by atoms with E-state index in [4.69, 9.17) is 93.6 Å². The molecular formula is C104H93F2KN8O20. The van der Waals surface area contributed by atoms with Crippen LogP contribution in [0.15, 0.2) is 318 Å². The summed E-state index contributed by atoms with van der Waals surface area (Å²) >= 11 is 0. The van der Waals surface area contributed by atoms with E-state index in [1.165, 1.54) is 46.6 Å². The number of aliphatic carboxylic acids is 4. The number of oxime groups is 4. The Morgan fingerprint density at radius 2 is 0.637 bits per heavy atom. The number of nitrogens with zero attached hydrogens (tertiary/aromatic N) is 8. The van der Waals surface area contributed by atoms with Crippen LogP contribution in [0.4, 0.5) is 8.78 Å². The molecule has 0 radical (unpaired) electrons. The van der Waals surface area contributed by atoms with E-state index in [9.17, 15) is 33.1 Å². The second-order valence-electron chi connectivity index (χ2n) is 28.9. The molecule has 3 N–H and O–H groups in total. The fourth-order valence-electron chi connectivity index (χ4n) is 12.4. The molecule has 0 aliphatic rings. The van der Waals surface area contributed by atoms with Crippen molar-refractivity contribution in [1.29, 1.82) is 21.0 Å².